The summed E-state index contributed by atoms with van der Waals surface area (Å²) in [6.07, 6.45) is 3.44. The van der Waals surface area contributed by atoms with E-state index in [1.54, 1.807) is 23.1 Å². The molecule has 1 aliphatic rings. The van der Waals surface area contributed by atoms with Crippen LogP contribution >= 0.6 is 0 Å². The van der Waals surface area contributed by atoms with Crippen LogP contribution in [0.25, 0.3) is 0 Å². The topological polar surface area (TPSA) is 79.2 Å². The van der Waals surface area contributed by atoms with Gasteiger partial charge in [-0.25, -0.2) is 9.97 Å². The molecule has 0 radical (unpaired) electrons. The van der Waals surface area contributed by atoms with E-state index in [2.05, 4.69) is 37.2 Å². The van der Waals surface area contributed by atoms with Gasteiger partial charge in [0.05, 0.1) is 17.1 Å². The Bertz CT molecular complexity index is 712. The zero-order chi connectivity index (χ0) is 18.0. The molecule has 1 fully saturated rings. The lowest BCUT2D eigenvalue weighted by molar-refractivity contribution is -0.119. The number of hydrogen-bond acceptors (Lipinski definition) is 6. The number of aromatic nitrogens is 4. The summed E-state index contributed by atoms with van der Waals surface area (Å²) in [5.41, 5.74) is 2.24. The predicted octanol–water partition coefficient (Wildman–Crippen LogP) is 1.24. The number of piperazine rings is 1. The molecule has 1 saturated heterocycles. The number of carbonyl (C=O) groups excluding carboxylic acids is 1. The van der Waals surface area contributed by atoms with Crippen LogP contribution in [0, 0.1) is 13.8 Å². The van der Waals surface area contributed by atoms with E-state index in [-0.39, 0.29) is 5.91 Å². The number of hydrogen-bond donors (Lipinski definition) is 1. The molecule has 1 atom stereocenters. The first-order valence-corrected chi connectivity index (χ1v) is 8.54. The lowest BCUT2D eigenvalue weighted by Gasteiger charge is -2.32. The first-order chi connectivity index (χ1) is 12.0. The molecule has 8 heteroatoms. The summed E-state index contributed by atoms with van der Waals surface area (Å²) in [5.74, 6) is 0.604. The van der Waals surface area contributed by atoms with Crippen molar-refractivity contribution in [2.75, 3.05) is 43.4 Å². The quantitative estimate of drug-likeness (QED) is 0.900. The molecule has 1 N–H and O–H groups in total. The average Bonchev–Trinajstić information content (AvgIpc) is 3.12. The zero-order valence-corrected chi connectivity index (χ0v) is 15.2. The van der Waals surface area contributed by atoms with Crippen molar-refractivity contribution in [1.29, 1.82) is 0 Å². The summed E-state index contributed by atoms with van der Waals surface area (Å²) in [4.78, 5) is 26.2. The molecule has 0 aromatic carbocycles. The molecule has 2 aromatic heterocycles. The number of likely N-dealkylation sites (N-methyl/N-ethyl adjacent to an activating group) is 1. The van der Waals surface area contributed by atoms with E-state index in [1.165, 1.54) is 0 Å². The lowest BCUT2D eigenvalue weighted by atomic mass is 10.2. The first-order valence-electron chi connectivity index (χ1n) is 8.54. The summed E-state index contributed by atoms with van der Waals surface area (Å²) in [5, 5.41) is 7.07. The average molecular weight is 343 g/mol. The number of carbonyl (C=O) groups is 1. The number of nitrogens with zero attached hydrogens (tertiary/aromatic N) is 6. The van der Waals surface area contributed by atoms with E-state index in [9.17, 15) is 4.79 Å². The van der Waals surface area contributed by atoms with Crippen molar-refractivity contribution in [1.82, 2.24) is 24.6 Å². The Balaban J connectivity index is 1.75. The SMILES string of the molecule is Cc1nc(N2CCN(C)CC2)nc(C)c1NC(=O)C(C)n1cccn1. The van der Waals surface area contributed by atoms with Crippen LogP contribution in [0.15, 0.2) is 18.5 Å². The molecule has 0 bridgehead atoms. The molecular weight excluding hydrogens is 318 g/mol. The number of amides is 1. The van der Waals surface area contributed by atoms with Gasteiger partial charge in [0.1, 0.15) is 6.04 Å². The molecule has 1 aliphatic heterocycles. The highest BCUT2D eigenvalue weighted by molar-refractivity contribution is 5.94. The van der Waals surface area contributed by atoms with Gasteiger partial charge in [0.15, 0.2) is 0 Å². The van der Waals surface area contributed by atoms with E-state index >= 15 is 0 Å². The minimum atomic E-state index is -0.397. The Morgan fingerprint density at radius 1 is 1.16 bits per heavy atom. The maximum absolute atomic E-state index is 12.5. The fourth-order valence-electron chi connectivity index (χ4n) is 2.88. The van der Waals surface area contributed by atoms with Gasteiger partial charge in [-0.15, -0.1) is 0 Å². The summed E-state index contributed by atoms with van der Waals surface area (Å²) >= 11 is 0. The van der Waals surface area contributed by atoms with Crippen LogP contribution in [0.2, 0.25) is 0 Å². The second-order valence-electron chi connectivity index (χ2n) is 6.51. The number of anilines is 2. The standard InChI is InChI=1S/C17H25N7O/c1-12-15(21-16(25)14(3)24-7-5-6-18-24)13(2)20-17(19-12)23-10-8-22(4)9-11-23/h5-7,14H,8-11H2,1-4H3,(H,21,25). The lowest BCUT2D eigenvalue weighted by Crippen LogP contribution is -2.45. The fraction of sp³-hybridized carbons (Fsp3) is 0.529. The van der Waals surface area contributed by atoms with Crippen LogP contribution in [0.5, 0.6) is 0 Å². The molecule has 8 nitrogen and oxygen atoms in total. The Morgan fingerprint density at radius 3 is 2.36 bits per heavy atom. The molecule has 3 heterocycles. The highest BCUT2D eigenvalue weighted by Crippen LogP contribution is 2.22. The number of rotatable bonds is 4. The van der Waals surface area contributed by atoms with E-state index in [4.69, 9.17) is 0 Å². The Labute approximate surface area is 147 Å². The highest BCUT2D eigenvalue weighted by atomic mass is 16.2. The smallest absolute Gasteiger partial charge is 0.249 e. The first kappa shape index (κ1) is 17.3. The second kappa shape index (κ2) is 7.18. The molecule has 1 unspecified atom stereocenters. The summed E-state index contributed by atoms with van der Waals surface area (Å²) in [6, 6.07) is 1.40. The van der Waals surface area contributed by atoms with E-state index in [1.807, 2.05) is 20.8 Å². The van der Waals surface area contributed by atoms with Crippen molar-refractivity contribution in [2.24, 2.45) is 0 Å². The molecule has 25 heavy (non-hydrogen) atoms. The molecule has 2 aromatic rings. The van der Waals surface area contributed by atoms with Crippen LogP contribution in [-0.2, 0) is 4.79 Å². The summed E-state index contributed by atoms with van der Waals surface area (Å²) in [7, 11) is 2.12. The fourth-order valence-corrected chi connectivity index (χ4v) is 2.88. The third kappa shape index (κ3) is 3.79. The highest BCUT2D eigenvalue weighted by Gasteiger charge is 2.21. The minimum absolute atomic E-state index is 0.133. The Kier molecular flexibility index (Phi) is 4.98. The van der Waals surface area contributed by atoms with E-state index < -0.39 is 6.04 Å². The largest absolute Gasteiger partial charge is 0.338 e. The van der Waals surface area contributed by atoms with Crippen molar-refractivity contribution in [3.63, 3.8) is 0 Å². The molecular formula is C17H25N7O. The third-order valence-electron chi connectivity index (χ3n) is 4.59. The monoisotopic (exact) mass is 343 g/mol. The maximum Gasteiger partial charge on any atom is 0.249 e. The summed E-state index contributed by atoms with van der Waals surface area (Å²) < 4.78 is 1.62. The van der Waals surface area contributed by atoms with Crippen molar-refractivity contribution < 1.29 is 4.79 Å². The van der Waals surface area contributed by atoms with Gasteiger partial charge in [0.2, 0.25) is 11.9 Å². The zero-order valence-electron chi connectivity index (χ0n) is 15.2. The third-order valence-corrected chi connectivity index (χ3v) is 4.59. The molecule has 0 saturated carbocycles. The van der Waals surface area contributed by atoms with Gasteiger partial charge in [0.25, 0.3) is 0 Å². The minimum Gasteiger partial charge on any atom is -0.338 e. The van der Waals surface area contributed by atoms with Gasteiger partial charge in [-0.1, -0.05) is 0 Å². The van der Waals surface area contributed by atoms with Crippen molar-refractivity contribution in [3.05, 3.63) is 29.8 Å². The van der Waals surface area contributed by atoms with Gasteiger partial charge in [-0.2, -0.15) is 5.10 Å². The van der Waals surface area contributed by atoms with Crippen molar-refractivity contribution in [2.45, 2.75) is 26.8 Å². The maximum atomic E-state index is 12.5. The van der Waals surface area contributed by atoms with Crippen LogP contribution in [0.3, 0.4) is 0 Å². The van der Waals surface area contributed by atoms with Gasteiger partial charge in [0, 0.05) is 38.6 Å². The van der Waals surface area contributed by atoms with Gasteiger partial charge >= 0.3 is 0 Å². The normalized spacial score (nSPS) is 16.7. The van der Waals surface area contributed by atoms with E-state index in [0.717, 1.165) is 43.5 Å². The second-order valence-corrected chi connectivity index (χ2v) is 6.51. The van der Waals surface area contributed by atoms with Crippen molar-refractivity contribution >= 4 is 17.5 Å². The van der Waals surface area contributed by atoms with Gasteiger partial charge in [-0.3, -0.25) is 9.48 Å². The predicted molar refractivity (Wildman–Crippen MR) is 96.8 cm³/mol. The van der Waals surface area contributed by atoms with Crippen molar-refractivity contribution in [3.8, 4) is 0 Å². The van der Waals surface area contributed by atoms with E-state index in [0.29, 0.717) is 5.69 Å². The van der Waals surface area contributed by atoms with Gasteiger partial charge in [-0.05, 0) is 33.9 Å². The summed E-state index contributed by atoms with van der Waals surface area (Å²) in [6.45, 7) is 9.45. The van der Waals surface area contributed by atoms with Crippen LogP contribution in [0.4, 0.5) is 11.6 Å². The Morgan fingerprint density at radius 2 is 1.80 bits per heavy atom. The number of nitrogens with one attached hydrogen (secondary N) is 1. The molecule has 3 rings (SSSR count). The molecule has 134 valence electrons. The molecule has 1 amide bonds. The van der Waals surface area contributed by atoms with Crippen LogP contribution in [-0.4, -0.2) is 63.8 Å². The van der Waals surface area contributed by atoms with Crippen LogP contribution < -0.4 is 10.2 Å². The molecule has 0 aliphatic carbocycles. The Hall–Kier alpha value is -2.48. The van der Waals surface area contributed by atoms with Gasteiger partial charge < -0.3 is 15.1 Å². The van der Waals surface area contributed by atoms with Crippen LogP contribution in [0.1, 0.15) is 24.4 Å². The molecule has 0 spiro atoms. The number of aryl methyl sites for hydroxylation is 2.